The fourth-order valence-electron chi connectivity index (χ4n) is 2.62. The summed E-state index contributed by atoms with van der Waals surface area (Å²) >= 11 is 0. The van der Waals surface area contributed by atoms with Crippen molar-refractivity contribution in [3.63, 3.8) is 0 Å². The molecule has 130 valence electrons. The molecule has 1 N–H and O–H groups in total. The van der Waals surface area contributed by atoms with Crippen LogP contribution in [0.15, 0.2) is 35.5 Å². The lowest BCUT2D eigenvalue weighted by molar-refractivity contribution is -0.136. The van der Waals surface area contributed by atoms with Crippen LogP contribution in [0.3, 0.4) is 0 Å². The monoisotopic (exact) mass is 332 g/mol. The van der Waals surface area contributed by atoms with Gasteiger partial charge in [-0.25, -0.2) is 9.59 Å². The van der Waals surface area contributed by atoms with Crippen LogP contribution in [0.1, 0.15) is 38.3 Å². The van der Waals surface area contributed by atoms with E-state index in [2.05, 4.69) is 12.2 Å². The number of urea groups is 1. The molecule has 0 saturated heterocycles. The number of methoxy groups -OCH3 is 1. The number of para-hydroxylation sites is 1. The minimum absolute atomic E-state index is 0.270. The van der Waals surface area contributed by atoms with E-state index in [1.165, 1.54) is 12.0 Å². The van der Waals surface area contributed by atoms with E-state index >= 15 is 0 Å². The molecule has 1 aliphatic heterocycles. The zero-order valence-corrected chi connectivity index (χ0v) is 14.6. The minimum Gasteiger partial charge on any atom is -0.493 e. The number of hydrogen-bond donors (Lipinski definition) is 1. The fraction of sp³-hybridized carbons (Fsp3) is 0.444. The van der Waals surface area contributed by atoms with E-state index in [9.17, 15) is 9.59 Å². The summed E-state index contributed by atoms with van der Waals surface area (Å²) < 4.78 is 10.8. The predicted molar refractivity (Wildman–Crippen MR) is 90.6 cm³/mol. The fourth-order valence-corrected chi connectivity index (χ4v) is 2.62. The third-order valence-electron chi connectivity index (χ3n) is 4.14. The number of unbranched alkanes of at least 4 members (excludes halogenated alkanes) is 1. The number of carbonyl (C=O) groups is 2. The number of esters is 1. The molecule has 0 aliphatic carbocycles. The van der Waals surface area contributed by atoms with Gasteiger partial charge in [0.05, 0.1) is 25.3 Å². The Bertz CT molecular complexity index is 654. The zero-order chi connectivity index (χ0) is 17.7. The number of benzene rings is 1. The number of allylic oxidation sites excluding steroid dienone is 1. The van der Waals surface area contributed by atoms with Crippen LogP contribution in [0.25, 0.3) is 0 Å². The van der Waals surface area contributed by atoms with Crippen molar-refractivity contribution >= 4 is 12.0 Å². The topological polar surface area (TPSA) is 67.9 Å². The molecule has 0 saturated carbocycles. The Kier molecular flexibility index (Phi) is 5.84. The zero-order valence-electron chi connectivity index (χ0n) is 14.6. The van der Waals surface area contributed by atoms with E-state index in [1.54, 1.807) is 14.0 Å². The van der Waals surface area contributed by atoms with E-state index in [-0.39, 0.29) is 6.03 Å². The van der Waals surface area contributed by atoms with Crippen molar-refractivity contribution < 1.29 is 19.1 Å². The lowest BCUT2D eigenvalue weighted by Gasteiger charge is -2.33. The van der Waals surface area contributed by atoms with Gasteiger partial charge in [-0.3, -0.25) is 0 Å². The van der Waals surface area contributed by atoms with Crippen LogP contribution in [0, 0.1) is 0 Å². The maximum Gasteiger partial charge on any atom is 0.337 e. The van der Waals surface area contributed by atoms with E-state index < -0.39 is 12.0 Å². The second-order valence-corrected chi connectivity index (χ2v) is 5.67. The van der Waals surface area contributed by atoms with Crippen molar-refractivity contribution in [1.82, 2.24) is 10.2 Å². The average Bonchev–Trinajstić information content (AvgIpc) is 2.59. The standard InChI is InChI=1S/C18H24N2O4/c1-5-6-11-24-14-10-8-7-9-13(14)16-15(17(21)23-4)12(2)20(3)18(22)19-16/h7-10,16H,5-6,11H2,1-4H3,(H,19,22)/t16-/m0/s1. The first-order chi connectivity index (χ1) is 11.5. The summed E-state index contributed by atoms with van der Waals surface area (Å²) in [4.78, 5) is 25.9. The van der Waals surface area contributed by atoms with Crippen LogP contribution in [0.4, 0.5) is 4.79 Å². The van der Waals surface area contributed by atoms with Crippen molar-refractivity contribution in [2.45, 2.75) is 32.7 Å². The summed E-state index contributed by atoms with van der Waals surface area (Å²) in [5, 5.41) is 2.86. The third-order valence-corrected chi connectivity index (χ3v) is 4.14. The molecular weight excluding hydrogens is 308 g/mol. The largest absolute Gasteiger partial charge is 0.493 e. The number of hydrogen-bond acceptors (Lipinski definition) is 4. The summed E-state index contributed by atoms with van der Waals surface area (Å²) in [6, 6.07) is 6.56. The lowest BCUT2D eigenvalue weighted by Crippen LogP contribution is -2.46. The molecular formula is C18H24N2O4. The van der Waals surface area contributed by atoms with Crippen LogP contribution in [0.2, 0.25) is 0 Å². The molecule has 1 heterocycles. The highest BCUT2D eigenvalue weighted by molar-refractivity contribution is 5.95. The molecule has 0 bridgehead atoms. The molecule has 0 radical (unpaired) electrons. The summed E-state index contributed by atoms with van der Waals surface area (Å²) in [7, 11) is 2.95. The van der Waals surface area contributed by atoms with Crippen LogP contribution in [-0.4, -0.2) is 37.7 Å². The predicted octanol–water partition coefficient (Wildman–Crippen LogP) is 3.01. The quantitative estimate of drug-likeness (QED) is 0.642. The summed E-state index contributed by atoms with van der Waals surface area (Å²) in [6.07, 6.45) is 1.96. The summed E-state index contributed by atoms with van der Waals surface area (Å²) in [5.41, 5.74) is 1.72. The van der Waals surface area contributed by atoms with Gasteiger partial charge in [0.1, 0.15) is 5.75 Å². The average molecular weight is 332 g/mol. The maximum atomic E-state index is 12.3. The van der Waals surface area contributed by atoms with Crippen LogP contribution < -0.4 is 10.1 Å². The number of amides is 2. The van der Waals surface area contributed by atoms with Gasteiger partial charge in [-0.15, -0.1) is 0 Å². The molecule has 1 atom stereocenters. The van der Waals surface area contributed by atoms with Gasteiger partial charge in [0.15, 0.2) is 0 Å². The molecule has 6 heteroatoms. The smallest absolute Gasteiger partial charge is 0.337 e. The first-order valence-corrected chi connectivity index (χ1v) is 8.06. The summed E-state index contributed by atoms with van der Waals surface area (Å²) in [5.74, 6) is 0.197. The van der Waals surface area contributed by atoms with Crippen molar-refractivity contribution in [1.29, 1.82) is 0 Å². The number of ether oxygens (including phenoxy) is 2. The number of rotatable bonds is 6. The highest BCUT2D eigenvalue weighted by Crippen LogP contribution is 2.35. The lowest BCUT2D eigenvalue weighted by atomic mass is 9.94. The van der Waals surface area contributed by atoms with Gasteiger partial charge < -0.3 is 19.7 Å². The van der Waals surface area contributed by atoms with Gasteiger partial charge >= 0.3 is 12.0 Å². The Morgan fingerprint density at radius 3 is 2.71 bits per heavy atom. The molecule has 2 rings (SSSR count). The molecule has 1 aromatic carbocycles. The SMILES string of the molecule is CCCCOc1ccccc1[C@@H]1NC(=O)N(C)C(C)=C1C(=O)OC. The molecule has 24 heavy (non-hydrogen) atoms. The number of nitrogens with zero attached hydrogens (tertiary/aromatic N) is 1. The number of carbonyl (C=O) groups excluding carboxylic acids is 2. The molecule has 2 amide bonds. The Labute approximate surface area is 142 Å². The maximum absolute atomic E-state index is 12.3. The van der Waals surface area contributed by atoms with Gasteiger partial charge in [-0.1, -0.05) is 31.5 Å². The van der Waals surface area contributed by atoms with Crippen molar-refractivity contribution in [2.75, 3.05) is 20.8 Å². The first-order valence-electron chi connectivity index (χ1n) is 8.06. The van der Waals surface area contributed by atoms with Crippen molar-refractivity contribution in [3.8, 4) is 5.75 Å². The molecule has 6 nitrogen and oxygen atoms in total. The van der Waals surface area contributed by atoms with Gasteiger partial charge in [0.2, 0.25) is 0 Å². The highest BCUT2D eigenvalue weighted by atomic mass is 16.5. The van der Waals surface area contributed by atoms with Gasteiger partial charge in [-0.05, 0) is 19.4 Å². The number of nitrogens with one attached hydrogen (secondary N) is 1. The van der Waals surface area contributed by atoms with E-state index in [0.717, 1.165) is 18.4 Å². The molecule has 0 spiro atoms. The minimum atomic E-state index is -0.598. The summed E-state index contributed by atoms with van der Waals surface area (Å²) in [6.45, 7) is 4.41. The van der Waals surface area contributed by atoms with E-state index in [1.807, 2.05) is 24.3 Å². The van der Waals surface area contributed by atoms with Gasteiger partial charge in [-0.2, -0.15) is 0 Å². The van der Waals surface area contributed by atoms with Gasteiger partial charge in [0.25, 0.3) is 0 Å². The Morgan fingerprint density at radius 2 is 2.04 bits per heavy atom. The Balaban J connectivity index is 2.45. The van der Waals surface area contributed by atoms with Crippen molar-refractivity contribution in [2.24, 2.45) is 0 Å². The second kappa shape index (κ2) is 7.86. The second-order valence-electron chi connectivity index (χ2n) is 5.67. The van der Waals surface area contributed by atoms with Gasteiger partial charge in [0, 0.05) is 18.3 Å². The Hall–Kier alpha value is -2.50. The highest BCUT2D eigenvalue weighted by Gasteiger charge is 2.36. The molecule has 0 unspecified atom stereocenters. The molecule has 1 aliphatic rings. The van der Waals surface area contributed by atoms with E-state index in [0.29, 0.717) is 23.6 Å². The molecule has 0 aromatic heterocycles. The van der Waals surface area contributed by atoms with E-state index in [4.69, 9.17) is 9.47 Å². The third kappa shape index (κ3) is 3.53. The van der Waals surface area contributed by atoms with Crippen LogP contribution in [-0.2, 0) is 9.53 Å². The van der Waals surface area contributed by atoms with Crippen LogP contribution >= 0.6 is 0 Å². The molecule has 0 fully saturated rings. The first kappa shape index (κ1) is 17.8. The van der Waals surface area contributed by atoms with Crippen molar-refractivity contribution in [3.05, 3.63) is 41.1 Å². The molecule has 1 aromatic rings. The normalized spacial score (nSPS) is 17.6. The Morgan fingerprint density at radius 1 is 1.33 bits per heavy atom. The van der Waals surface area contributed by atoms with Crippen LogP contribution in [0.5, 0.6) is 5.75 Å².